The second kappa shape index (κ2) is 5.20. The number of carbonyl (C=O) groups is 1. The average Bonchev–Trinajstić information content (AvgIpc) is 2.17. The van der Waals surface area contributed by atoms with Gasteiger partial charge in [-0.15, -0.1) is 0 Å². The highest BCUT2D eigenvalue weighted by Gasteiger charge is 2.21. The third-order valence-corrected chi connectivity index (χ3v) is 2.59. The fourth-order valence-corrected chi connectivity index (χ4v) is 1.71. The number of nitrogens with zero attached hydrogens (tertiary/aromatic N) is 1. The summed E-state index contributed by atoms with van der Waals surface area (Å²) in [4.78, 5) is 13.5. The number of urea groups is 1. The third-order valence-electron chi connectivity index (χ3n) is 2.59. The van der Waals surface area contributed by atoms with Crippen molar-refractivity contribution in [2.75, 3.05) is 20.1 Å². The fraction of sp³-hybridized carbons (Fsp3) is 0.900. The molecule has 1 heterocycles. The lowest BCUT2D eigenvalue weighted by Crippen LogP contribution is -2.49. The monoisotopic (exact) mass is 199 g/mol. The molecule has 2 amide bonds. The highest BCUT2D eigenvalue weighted by molar-refractivity contribution is 5.74. The molecule has 4 nitrogen and oxygen atoms in total. The Hall–Kier alpha value is -0.770. The van der Waals surface area contributed by atoms with Gasteiger partial charge in [0.05, 0.1) is 0 Å². The first-order valence-corrected chi connectivity index (χ1v) is 5.35. The van der Waals surface area contributed by atoms with Crippen LogP contribution in [0.4, 0.5) is 4.79 Å². The Bertz CT molecular complexity index is 188. The maximum Gasteiger partial charge on any atom is 0.317 e. The van der Waals surface area contributed by atoms with E-state index < -0.39 is 0 Å². The first-order valence-electron chi connectivity index (χ1n) is 5.35. The SMILES string of the molecule is CC(C)NC(=O)N(C)C1CCNCC1. The van der Waals surface area contributed by atoms with Crippen LogP contribution in [0, 0.1) is 0 Å². The summed E-state index contributed by atoms with van der Waals surface area (Å²) >= 11 is 0. The van der Waals surface area contributed by atoms with Crippen LogP contribution in [0.1, 0.15) is 26.7 Å². The first kappa shape index (κ1) is 11.3. The predicted molar refractivity (Wildman–Crippen MR) is 57.3 cm³/mol. The Kier molecular flexibility index (Phi) is 4.20. The summed E-state index contributed by atoms with van der Waals surface area (Å²) in [5.74, 6) is 0. The quantitative estimate of drug-likeness (QED) is 0.690. The van der Waals surface area contributed by atoms with E-state index >= 15 is 0 Å². The second-order valence-corrected chi connectivity index (χ2v) is 4.20. The van der Waals surface area contributed by atoms with Crippen molar-refractivity contribution in [1.82, 2.24) is 15.5 Å². The van der Waals surface area contributed by atoms with E-state index in [4.69, 9.17) is 0 Å². The van der Waals surface area contributed by atoms with Gasteiger partial charge in [0.25, 0.3) is 0 Å². The van der Waals surface area contributed by atoms with Crippen LogP contribution < -0.4 is 10.6 Å². The Morgan fingerprint density at radius 2 is 2.00 bits per heavy atom. The predicted octanol–water partition coefficient (Wildman–Crippen LogP) is 0.788. The summed E-state index contributed by atoms with van der Waals surface area (Å²) in [6.07, 6.45) is 2.12. The summed E-state index contributed by atoms with van der Waals surface area (Å²) in [7, 11) is 1.88. The molecule has 0 aromatic heterocycles. The van der Waals surface area contributed by atoms with Crippen LogP contribution in [0.5, 0.6) is 0 Å². The molecule has 1 saturated heterocycles. The Balaban J connectivity index is 2.38. The van der Waals surface area contributed by atoms with Crippen molar-refractivity contribution in [3.8, 4) is 0 Å². The number of piperidine rings is 1. The van der Waals surface area contributed by atoms with Crippen molar-refractivity contribution < 1.29 is 4.79 Å². The number of carbonyl (C=O) groups excluding carboxylic acids is 1. The average molecular weight is 199 g/mol. The summed E-state index contributed by atoms with van der Waals surface area (Å²) in [6.45, 7) is 6.00. The van der Waals surface area contributed by atoms with Crippen LogP contribution in [0.15, 0.2) is 0 Å². The maximum absolute atomic E-state index is 11.6. The molecule has 1 aliphatic rings. The molecule has 14 heavy (non-hydrogen) atoms. The zero-order valence-corrected chi connectivity index (χ0v) is 9.34. The van der Waals surface area contributed by atoms with Gasteiger partial charge >= 0.3 is 6.03 Å². The second-order valence-electron chi connectivity index (χ2n) is 4.20. The van der Waals surface area contributed by atoms with Crippen molar-refractivity contribution in [2.24, 2.45) is 0 Å². The van der Waals surface area contributed by atoms with E-state index in [1.165, 1.54) is 0 Å². The van der Waals surface area contributed by atoms with E-state index in [0.29, 0.717) is 6.04 Å². The highest BCUT2D eigenvalue weighted by Crippen LogP contribution is 2.09. The van der Waals surface area contributed by atoms with Gasteiger partial charge in [-0.2, -0.15) is 0 Å². The first-order chi connectivity index (χ1) is 6.61. The number of rotatable bonds is 2. The van der Waals surface area contributed by atoms with Crippen LogP contribution in [0.3, 0.4) is 0 Å². The van der Waals surface area contributed by atoms with E-state index in [1.54, 1.807) is 0 Å². The molecular weight excluding hydrogens is 178 g/mol. The van der Waals surface area contributed by atoms with Gasteiger partial charge in [0.1, 0.15) is 0 Å². The molecule has 0 aromatic carbocycles. The van der Waals surface area contributed by atoms with E-state index in [2.05, 4.69) is 10.6 Å². The minimum absolute atomic E-state index is 0.0481. The van der Waals surface area contributed by atoms with Gasteiger partial charge in [-0.25, -0.2) is 4.79 Å². The summed E-state index contributed by atoms with van der Waals surface area (Å²) in [5.41, 5.74) is 0. The fourth-order valence-electron chi connectivity index (χ4n) is 1.71. The van der Waals surface area contributed by atoms with Gasteiger partial charge < -0.3 is 15.5 Å². The van der Waals surface area contributed by atoms with E-state index in [1.807, 2.05) is 25.8 Å². The molecule has 1 rings (SSSR count). The van der Waals surface area contributed by atoms with Crippen LogP contribution in [0.2, 0.25) is 0 Å². The standard InChI is InChI=1S/C10H21N3O/c1-8(2)12-10(14)13(3)9-4-6-11-7-5-9/h8-9,11H,4-7H2,1-3H3,(H,12,14). The molecule has 0 aromatic rings. The van der Waals surface area contributed by atoms with E-state index in [9.17, 15) is 4.79 Å². The van der Waals surface area contributed by atoms with E-state index in [0.717, 1.165) is 25.9 Å². The molecule has 2 N–H and O–H groups in total. The summed E-state index contributed by atoms with van der Waals surface area (Å²) in [6, 6.07) is 0.661. The van der Waals surface area contributed by atoms with Gasteiger partial charge in [-0.1, -0.05) is 0 Å². The number of amides is 2. The zero-order valence-electron chi connectivity index (χ0n) is 9.34. The van der Waals surface area contributed by atoms with Gasteiger partial charge in [0, 0.05) is 19.1 Å². The molecule has 1 fully saturated rings. The van der Waals surface area contributed by atoms with E-state index in [-0.39, 0.29) is 12.1 Å². The van der Waals surface area contributed by atoms with Gasteiger partial charge in [-0.05, 0) is 39.8 Å². The molecule has 0 aliphatic carbocycles. The van der Waals surface area contributed by atoms with Crippen LogP contribution >= 0.6 is 0 Å². The van der Waals surface area contributed by atoms with Crippen molar-refractivity contribution in [3.63, 3.8) is 0 Å². The third kappa shape index (κ3) is 3.18. The zero-order chi connectivity index (χ0) is 10.6. The maximum atomic E-state index is 11.6. The molecule has 0 unspecified atom stereocenters. The molecule has 4 heteroatoms. The van der Waals surface area contributed by atoms with Gasteiger partial charge in [0.2, 0.25) is 0 Å². The lowest BCUT2D eigenvalue weighted by atomic mass is 10.1. The van der Waals surface area contributed by atoms with Gasteiger partial charge in [0.15, 0.2) is 0 Å². The Labute approximate surface area is 86.0 Å². The van der Waals surface area contributed by atoms with Crippen LogP contribution in [-0.2, 0) is 0 Å². The molecule has 82 valence electrons. The summed E-state index contributed by atoms with van der Waals surface area (Å²) < 4.78 is 0. The molecule has 0 radical (unpaired) electrons. The minimum atomic E-state index is 0.0481. The molecular formula is C10H21N3O. The Morgan fingerprint density at radius 3 is 2.50 bits per heavy atom. The van der Waals surface area contributed by atoms with Crippen molar-refractivity contribution in [3.05, 3.63) is 0 Å². The lowest BCUT2D eigenvalue weighted by Gasteiger charge is -2.32. The number of nitrogens with one attached hydrogen (secondary N) is 2. The molecule has 1 aliphatic heterocycles. The topological polar surface area (TPSA) is 44.4 Å². The Morgan fingerprint density at radius 1 is 1.43 bits per heavy atom. The van der Waals surface area contributed by atoms with Crippen LogP contribution in [-0.4, -0.2) is 43.2 Å². The number of hydrogen-bond donors (Lipinski definition) is 2. The normalized spacial score (nSPS) is 18.3. The highest BCUT2D eigenvalue weighted by atomic mass is 16.2. The van der Waals surface area contributed by atoms with Crippen molar-refractivity contribution >= 4 is 6.03 Å². The molecule has 0 bridgehead atoms. The molecule has 0 atom stereocenters. The molecule has 0 saturated carbocycles. The number of hydrogen-bond acceptors (Lipinski definition) is 2. The van der Waals surface area contributed by atoms with Crippen molar-refractivity contribution in [2.45, 2.75) is 38.8 Å². The lowest BCUT2D eigenvalue weighted by molar-refractivity contribution is 0.174. The van der Waals surface area contributed by atoms with Crippen molar-refractivity contribution in [1.29, 1.82) is 0 Å². The minimum Gasteiger partial charge on any atom is -0.336 e. The van der Waals surface area contributed by atoms with Crippen LogP contribution in [0.25, 0.3) is 0 Å². The van der Waals surface area contributed by atoms with Gasteiger partial charge in [-0.3, -0.25) is 0 Å². The smallest absolute Gasteiger partial charge is 0.317 e. The molecule has 0 spiro atoms. The largest absolute Gasteiger partial charge is 0.336 e. The summed E-state index contributed by atoms with van der Waals surface area (Å²) in [5, 5.41) is 6.20.